The lowest BCUT2D eigenvalue weighted by Gasteiger charge is -2.08. The Bertz CT molecular complexity index is 405. The Balaban J connectivity index is 2.85. The summed E-state index contributed by atoms with van der Waals surface area (Å²) in [6, 6.07) is 3.06. The van der Waals surface area contributed by atoms with Gasteiger partial charge in [-0.05, 0) is 12.1 Å². The number of hydrogen-bond acceptors (Lipinski definition) is 2. The SMILES string of the molecule is O=Cc1cc(Cl)cc(Cl)c1OC/C=C/CBr. The Kier molecular flexibility index (Phi) is 5.88. The summed E-state index contributed by atoms with van der Waals surface area (Å²) in [7, 11) is 0. The minimum Gasteiger partial charge on any atom is -0.487 e. The molecule has 0 saturated carbocycles. The molecule has 0 aliphatic heterocycles. The van der Waals surface area contributed by atoms with Gasteiger partial charge >= 0.3 is 0 Å². The predicted octanol–water partition coefficient (Wildman–Crippen LogP) is 4.14. The lowest BCUT2D eigenvalue weighted by Crippen LogP contribution is -1.98. The topological polar surface area (TPSA) is 26.3 Å². The summed E-state index contributed by atoms with van der Waals surface area (Å²) >= 11 is 14.9. The maximum atomic E-state index is 10.8. The minimum atomic E-state index is 0.335. The van der Waals surface area contributed by atoms with Gasteiger partial charge in [0.25, 0.3) is 0 Å². The van der Waals surface area contributed by atoms with Crippen molar-refractivity contribution in [2.75, 3.05) is 11.9 Å². The second kappa shape index (κ2) is 6.94. The van der Waals surface area contributed by atoms with E-state index in [2.05, 4.69) is 15.9 Å². The third kappa shape index (κ3) is 3.81. The van der Waals surface area contributed by atoms with Crippen molar-refractivity contribution in [3.8, 4) is 5.75 Å². The highest BCUT2D eigenvalue weighted by molar-refractivity contribution is 9.09. The molecule has 1 rings (SSSR count). The molecule has 0 saturated heterocycles. The molecule has 16 heavy (non-hydrogen) atoms. The van der Waals surface area contributed by atoms with Crippen LogP contribution in [-0.4, -0.2) is 18.2 Å². The first kappa shape index (κ1) is 13.6. The zero-order valence-electron chi connectivity index (χ0n) is 8.25. The van der Waals surface area contributed by atoms with Crippen molar-refractivity contribution in [2.24, 2.45) is 0 Å². The van der Waals surface area contributed by atoms with Gasteiger partial charge < -0.3 is 4.74 Å². The van der Waals surface area contributed by atoms with E-state index in [-0.39, 0.29) is 0 Å². The Morgan fingerprint density at radius 2 is 2.06 bits per heavy atom. The number of alkyl halides is 1. The Hall–Kier alpha value is -0.510. The second-order valence-electron chi connectivity index (χ2n) is 2.86. The summed E-state index contributed by atoms with van der Waals surface area (Å²) in [4.78, 5) is 10.8. The van der Waals surface area contributed by atoms with Crippen LogP contribution in [0, 0.1) is 0 Å². The summed E-state index contributed by atoms with van der Waals surface area (Å²) in [6.45, 7) is 0.355. The van der Waals surface area contributed by atoms with E-state index in [0.29, 0.717) is 34.3 Å². The van der Waals surface area contributed by atoms with Crippen LogP contribution in [0.2, 0.25) is 10.0 Å². The van der Waals surface area contributed by atoms with Gasteiger partial charge in [0, 0.05) is 10.4 Å². The van der Waals surface area contributed by atoms with Crippen molar-refractivity contribution in [2.45, 2.75) is 0 Å². The van der Waals surface area contributed by atoms with Crippen LogP contribution in [0.15, 0.2) is 24.3 Å². The lowest BCUT2D eigenvalue weighted by atomic mass is 10.2. The van der Waals surface area contributed by atoms with Crippen LogP contribution in [0.4, 0.5) is 0 Å². The molecule has 2 nitrogen and oxygen atoms in total. The van der Waals surface area contributed by atoms with Crippen LogP contribution in [0.5, 0.6) is 5.75 Å². The molecule has 86 valence electrons. The van der Waals surface area contributed by atoms with Crippen LogP contribution in [0.3, 0.4) is 0 Å². The number of halogens is 3. The molecule has 1 aromatic carbocycles. The molecule has 0 N–H and O–H groups in total. The van der Waals surface area contributed by atoms with E-state index >= 15 is 0 Å². The van der Waals surface area contributed by atoms with Gasteiger partial charge in [0.15, 0.2) is 6.29 Å². The van der Waals surface area contributed by atoms with Crippen LogP contribution >= 0.6 is 39.1 Å². The second-order valence-corrected chi connectivity index (χ2v) is 4.35. The summed E-state index contributed by atoms with van der Waals surface area (Å²) in [5.41, 5.74) is 0.352. The van der Waals surface area contributed by atoms with Crippen LogP contribution in [0.25, 0.3) is 0 Å². The lowest BCUT2D eigenvalue weighted by molar-refractivity contribution is 0.112. The molecule has 0 aliphatic carbocycles. The van der Waals surface area contributed by atoms with Gasteiger partial charge in [-0.15, -0.1) is 0 Å². The number of benzene rings is 1. The van der Waals surface area contributed by atoms with Crippen molar-refractivity contribution < 1.29 is 9.53 Å². The molecular weight excluding hydrogens is 315 g/mol. The normalized spacial score (nSPS) is 10.7. The molecule has 0 radical (unpaired) electrons. The Morgan fingerprint density at radius 1 is 1.31 bits per heavy atom. The van der Waals surface area contributed by atoms with E-state index in [1.54, 1.807) is 6.07 Å². The predicted molar refractivity (Wildman–Crippen MR) is 70.3 cm³/mol. The van der Waals surface area contributed by atoms with Gasteiger partial charge in [0.1, 0.15) is 12.4 Å². The number of carbonyl (C=O) groups excluding carboxylic acids is 1. The molecule has 0 atom stereocenters. The minimum absolute atomic E-state index is 0.335. The smallest absolute Gasteiger partial charge is 0.153 e. The number of rotatable bonds is 5. The van der Waals surface area contributed by atoms with Crippen LogP contribution in [-0.2, 0) is 0 Å². The molecule has 1 aromatic rings. The molecular formula is C11H9BrCl2O2. The van der Waals surface area contributed by atoms with Crippen LogP contribution < -0.4 is 4.74 Å². The van der Waals surface area contributed by atoms with Gasteiger partial charge in [-0.25, -0.2) is 0 Å². The van der Waals surface area contributed by atoms with E-state index in [0.717, 1.165) is 5.33 Å². The largest absolute Gasteiger partial charge is 0.487 e. The average molecular weight is 324 g/mol. The summed E-state index contributed by atoms with van der Waals surface area (Å²) in [5.74, 6) is 0.361. The summed E-state index contributed by atoms with van der Waals surface area (Å²) < 4.78 is 5.39. The van der Waals surface area contributed by atoms with Gasteiger partial charge in [-0.1, -0.05) is 51.3 Å². The van der Waals surface area contributed by atoms with Gasteiger partial charge in [-0.3, -0.25) is 4.79 Å². The van der Waals surface area contributed by atoms with Crippen molar-refractivity contribution in [1.29, 1.82) is 0 Å². The first-order valence-electron chi connectivity index (χ1n) is 4.47. The molecule has 0 heterocycles. The van der Waals surface area contributed by atoms with Crippen molar-refractivity contribution in [1.82, 2.24) is 0 Å². The van der Waals surface area contributed by atoms with E-state index in [1.165, 1.54) is 6.07 Å². The van der Waals surface area contributed by atoms with E-state index < -0.39 is 0 Å². The summed E-state index contributed by atoms with van der Waals surface area (Å²) in [5, 5.41) is 1.50. The fraction of sp³-hybridized carbons (Fsp3) is 0.182. The number of aldehydes is 1. The molecule has 0 unspecified atom stereocenters. The number of allylic oxidation sites excluding steroid dienone is 1. The van der Waals surface area contributed by atoms with E-state index in [9.17, 15) is 4.79 Å². The van der Waals surface area contributed by atoms with Crippen molar-refractivity contribution >= 4 is 45.4 Å². The first-order valence-corrected chi connectivity index (χ1v) is 6.34. The maximum Gasteiger partial charge on any atom is 0.153 e. The highest BCUT2D eigenvalue weighted by Crippen LogP contribution is 2.31. The third-order valence-electron chi connectivity index (χ3n) is 1.74. The maximum absolute atomic E-state index is 10.8. The highest BCUT2D eigenvalue weighted by atomic mass is 79.9. The van der Waals surface area contributed by atoms with Crippen molar-refractivity contribution in [3.05, 3.63) is 39.9 Å². The first-order chi connectivity index (χ1) is 7.69. The molecule has 0 bridgehead atoms. The van der Waals surface area contributed by atoms with Gasteiger partial charge in [-0.2, -0.15) is 0 Å². The zero-order chi connectivity index (χ0) is 12.0. The number of carbonyl (C=O) groups is 1. The van der Waals surface area contributed by atoms with Crippen molar-refractivity contribution in [3.63, 3.8) is 0 Å². The number of hydrogen-bond donors (Lipinski definition) is 0. The quantitative estimate of drug-likeness (QED) is 0.462. The molecule has 0 aromatic heterocycles. The van der Waals surface area contributed by atoms with Gasteiger partial charge in [0.05, 0.1) is 10.6 Å². The highest BCUT2D eigenvalue weighted by Gasteiger charge is 2.09. The Morgan fingerprint density at radius 3 is 2.69 bits per heavy atom. The molecule has 5 heteroatoms. The monoisotopic (exact) mass is 322 g/mol. The van der Waals surface area contributed by atoms with E-state index in [1.807, 2.05) is 12.2 Å². The molecule has 0 fully saturated rings. The standard InChI is InChI=1S/C11H9BrCl2O2/c12-3-1-2-4-16-11-8(7-15)5-9(13)6-10(11)14/h1-2,5-7H,3-4H2/b2-1+. The number of ether oxygens (including phenoxy) is 1. The zero-order valence-corrected chi connectivity index (χ0v) is 11.3. The van der Waals surface area contributed by atoms with Gasteiger partial charge in [0.2, 0.25) is 0 Å². The molecule has 0 spiro atoms. The fourth-order valence-corrected chi connectivity index (χ4v) is 1.91. The summed E-state index contributed by atoms with van der Waals surface area (Å²) in [6.07, 6.45) is 4.39. The van der Waals surface area contributed by atoms with Crippen LogP contribution in [0.1, 0.15) is 10.4 Å². The molecule has 0 amide bonds. The fourth-order valence-electron chi connectivity index (χ4n) is 1.08. The third-order valence-corrected chi connectivity index (χ3v) is 2.62. The average Bonchev–Trinajstić information content (AvgIpc) is 2.26. The van der Waals surface area contributed by atoms with E-state index in [4.69, 9.17) is 27.9 Å². The Labute approximate surface area is 112 Å². The molecule has 0 aliphatic rings.